The van der Waals surface area contributed by atoms with Gasteiger partial charge in [-0.05, 0) is 20.8 Å². The summed E-state index contributed by atoms with van der Waals surface area (Å²) in [6.45, 7) is 4.49. The quantitative estimate of drug-likeness (QED) is 0.307. The fourth-order valence-corrected chi connectivity index (χ4v) is 5.72. The number of rotatable bonds is 5. The third kappa shape index (κ3) is 4.58. The van der Waals surface area contributed by atoms with Crippen LogP contribution < -0.4 is 20.2 Å². The van der Waals surface area contributed by atoms with Crippen LogP contribution >= 0.6 is 22.7 Å². The number of hydrogen-bond acceptors (Lipinski definition) is 12. The van der Waals surface area contributed by atoms with E-state index in [1.54, 1.807) is 39.8 Å². The van der Waals surface area contributed by atoms with Crippen LogP contribution in [0.25, 0.3) is 0 Å². The molecule has 0 amide bonds. The highest BCUT2D eigenvalue weighted by atomic mass is 32.2. The summed E-state index contributed by atoms with van der Waals surface area (Å²) in [6, 6.07) is -0.537. The van der Waals surface area contributed by atoms with Gasteiger partial charge in [0.25, 0.3) is 9.62 Å². The summed E-state index contributed by atoms with van der Waals surface area (Å²) in [5.41, 5.74) is -1.11. The van der Waals surface area contributed by atoms with E-state index in [2.05, 4.69) is 20.6 Å². The molecule has 2 aromatic heterocycles. The Hall–Kier alpha value is -2.81. The number of aliphatic hydroxyl groups excluding tert-OH is 1. The van der Waals surface area contributed by atoms with Gasteiger partial charge in [-0.2, -0.15) is 4.98 Å². The molecule has 0 aliphatic carbocycles. The standard InChI is InChI=1S/C20H26N6O6S2/c1-20(2,3)17(29)31-8-26-16(28)11-14(24-18(26)21-7-25(4)5)23-15-10(22-11)13-12(9(6-27)32-15)33-19(30)34-13/h7,9-10,15,22-23,27H,6,8H2,1-5H3/b21-7+/t9-,10+,15-/m1/s1. The van der Waals surface area contributed by atoms with Crippen LogP contribution in [0.2, 0.25) is 0 Å². The molecular formula is C20H26N6O6S2. The molecule has 4 heterocycles. The topological polar surface area (TPSA) is 147 Å². The number of aliphatic hydroxyl groups is 1. The van der Waals surface area contributed by atoms with E-state index in [-0.39, 0.29) is 34.8 Å². The smallest absolute Gasteiger partial charge is 0.312 e. The molecular weight excluding hydrogens is 484 g/mol. The van der Waals surface area contributed by atoms with Crippen LogP contribution in [0.4, 0.5) is 17.5 Å². The lowest BCUT2D eigenvalue weighted by Gasteiger charge is -2.40. The maximum Gasteiger partial charge on any atom is 0.312 e. The van der Waals surface area contributed by atoms with Gasteiger partial charge in [-0.25, -0.2) is 9.56 Å². The molecule has 2 aromatic rings. The first-order valence-electron chi connectivity index (χ1n) is 10.5. The molecule has 14 heteroatoms. The van der Waals surface area contributed by atoms with Gasteiger partial charge in [0.05, 0.1) is 28.1 Å². The molecule has 4 rings (SSSR count). The number of fused-ring (bicyclic) bond motifs is 4. The number of nitrogens with one attached hydrogen (secondary N) is 2. The first-order chi connectivity index (χ1) is 16.0. The van der Waals surface area contributed by atoms with Gasteiger partial charge >= 0.3 is 5.97 Å². The molecule has 12 nitrogen and oxygen atoms in total. The van der Waals surface area contributed by atoms with Gasteiger partial charge in [-0.3, -0.25) is 14.4 Å². The van der Waals surface area contributed by atoms with Gasteiger partial charge in [0.1, 0.15) is 17.8 Å². The monoisotopic (exact) mass is 510 g/mol. The van der Waals surface area contributed by atoms with E-state index in [1.165, 1.54) is 6.34 Å². The zero-order valence-electron chi connectivity index (χ0n) is 19.3. The summed E-state index contributed by atoms with van der Waals surface area (Å²) >= 11 is 2.08. The highest BCUT2D eigenvalue weighted by molar-refractivity contribution is 7.27. The van der Waals surface area contributed by atoms with Crippen molar-refractivity contribution in [1.82, 2.24) is 14.5 Å². The Morgan fingerprint density at radius 2 is 2.00 bits per heavy atom. The fraction of sp³-hybridized carbons (Fsp3) is 0.550. The number of carbonyl (C=O) groups excluding carboxylic acids is 1. The van der Waals surface area contributed by atoms with Crippen molar-refractivity contribution in [3.8, 4) is 0 Å². The van der Waals surface area contributed by atoms with Crippen molar-refractivity contribution < 1.29 is 19.4 Å². The molecule has 0 spiro atoms. The van der Waals surface area contributed by atoms with Crippen molar-refractivity contribution in [2.24, 2.45) is 10.4 Å². The second-order valence-electron chi connectivity index (χ2n) is 9.06. The predicted octanol–water partition coefficient (Wildman–Crippen LogP) is 1.46. The summed E-state index contributed by atoms with van der Waals surface area (Å²) in [5, 5.41) is 16.0. The third-order valence-electron chi connectivity index (χ3n) is 5.05. The lowest BCUT2D eigenvalue weighted by molar-refractivity contribution is -0.157. The molecule has 184 valence electrons. The lowest BCUT2D eigenvalue weighted by atomic mass is 9.98. The predicted molar refractivity (Wildman–Crippen MR) is 129 cm³/mol. The largest absolute Gasteiger partial charge is 0.443 e. The van der Waals surface area contributed by atoms with E-state index in [4.69, 9.17) is 9.47 Å². The molecule has 2 aliphatic heterocycles. The van der Waals surface area contributed by atoms with Crippen LogP contribution in [0.5, 0.6) is 0 Å². The number of anilines is 2. The van der Waals surface area contributed by atoms with Crippen molar-refractivity contribution in [1.29, 1.82) is 0 Å². The first-order valence-corrected chi connectivity index (χ1v) is 12.1. The maximum absolute atomic E-state index is 13.5. The highest BCUT2D eigenvalue weighted by Crippen LogP contribution is 2.44. The number of esters is 1. The van der Waals surface area contributed by atoms with Crippen molar-refractivity contribution >= 4 is 52.4 Å². The zero-order valence-corrected chi connectivity index (χ0v) is 21.0. The van der Waals surface area contributed by atoms with Crippen LogP contribution in [0.3, 0.4) is 0 Å². The van der Waals surface area contributed by atoms with E-state index in [0.29, 0.717) is 9.75 Å². The molecule has 0 bridgehead atoms. The summed E-state index contributed by atoms with van der Waals surface area (Å²) in [7, 11) is 3.53. The average Bonchev–Trinajstić information content (AvgIpc) is 3.16. The van der Waals surface area contributed by atoms with Crippen LogP contribution in [-0.4, -0.2) is 58.8 Å². The van der Waals surface area contributed by atoms with E-state index in [1.807, 2.05) is 0 Å². The molecule has 0 saturated carbocycles. The Labute approximate surface area is 202 Å². The molecule has 0 radical (unpaired) electrons. The molecule has 0 saturated heterocycles. The molecule has 3 atom stereocenters. The molecule has 2 aliphatic rings. The van der Waals surface area contributed by atoms with Gasteiger partial charge in [-0.15, -0.1) is 0 Å². The van der Waals surface area contributed by atoms with Gasteiger partial charge in [0.15, 0.2) is 18.8 Å². The van der Waals surface area contributed by atoms with E-state index < -0.39 is 35.3 Å². The van der Waals surface area contributed by atoms with Gasteiger partial charge < -0.3 is 30.1 Å². The van der Waals surface area contributed by atoms with Crippen LogP contribution in [-0.2, 0) is 21.0 Å². The van der Waals surface area contributed by atoms with Crippen molar-refractivity contribution in [3.05, 3.63) is 29.0 Å². The number of nitrogens with zero attached hydrogens (tertiary/aromatic N) is 4. The molecule has 3 N–H and O–H groups in total. The fourth-order valence-electron chi connectivity index (χ4n) is 3.37. The minimum absolute atomic E-state index is 0.0299. The van der Waals surface area contributed by atoms with Crippen molar-refractivity contribution in [2.45, 2.75) is 45.9 Å². The second-order valence-corrected chi connectivity index (χ2v) is 11.4. The number of carbonyl (C=O) groups is 1. The number of aromatic nitrogens is 2. The Bertz CT molecular complexity index is 1240. The van der Waals surface area contributed by atoms with Crippen LogP contribution in [0.1, 0.15) is 42.7 Å². The number of aliphatic imine (C=N–C) groups is 1. The lowest BCUT2D eigenvalue weighted by Crippen LogP contribution is -2.45. The average molecular weight is 511 g/mol. The van der Waals surface area contributed by atoms with Crippen molar-refractivity contribution in [3.63, 3.8) is 0 Å². The molecule has 0 aromatic carbocycles. The first kappa shape index (κ1) is 24.3. The summed E-state index contributed by atoms with van der Waals surface area (Å²) in [5.74, 6) is -0.241. The Kier molecular flexibility index (Phi) is 6.50. The van der Waals surface area contributed by atoms with Gasteiger partial charge in [0.2, 0.25) is 5.95 Å². The van der Waals surface area contributed by atoms with Crippen LogP contribution in [0.15, 0.2) is 14.6 Å². The maximum atomic E-state index is 13.5. The highest BCUT2D eigenvalue weighted by Gasteiger charge is 2.42. The van der Waals surface area contributed by atoms with Crippen LogP contribution in [0, 0.1) is 5.41 Å². The number of ether oxygens (including phenoxy) is 2. The third-order valence-corrected chi connectivity index (χ3v) is 7.41. The second kappa shape index (κ2) is 9.09. The Morgan fingerprint density at radius 3 is 2.65 bits per heavy atom. The van der Waals surface area contributed by atoms with E-state index in [9.17, 15) is 19.5 Å². The normalized spacial score (nSPS) is 21.2. The number of hydrogen-bond donors (Lipinski definition) is 3. The summed E-state index contributed by atoms with van der Waals surface area (Å²) in [4.78, 5) is 49.6. The van der Waals surface area contributed by atoms with E-state index in [0.717, 1.165) is 27.2 Å². The summed E-state index contributed by atoms with van der Waals surface area (Å²) in [6.07, 6.45) is 0.151. The van der Waals surface area contributed by atoms with Gasteiger partial charge in [0, 0.05) is 14.1 Å². The molecule has 34 heavy (non-hydrogen) atoms. The molecule has 0 unspecified atom stereocenters. The van der Waals surface area contributed by atoms with Crippen molar-refractivity contribution in [2.75, 3.05) is 31.3 Å². The Morgan fingerprint density at radius 1 is 1.29 bits per heavy atom. The zero-order chi connectivity index (χ0) is 24.8. The Balaban J connectivity index is 1.75. The summed E-state index contributed by atoms with van der Waals surface area (Å²) < 4.78 is 12.4. The van der Waals surface area contributed by atoms with Gasteiger partial charge in [-0.1, -0.05) is 22.7 Å². The SMILES string of the molecule is CN(C)/C=N/c1nc2c(c(=O)n1COC(=O)C(C)(C)C)N[C@H]1c3sc(=O)sc3[C@@H](CO)O[C@H]1N2. The molecule has 0 fully saturated rings. The minimum atomic E-state index is -0.749. The van der Waals surface area contributed by atoms with E-state index >= 15 is 0 Å². The minimum Gasteiger partial charge on any atom is -0.443 e.